The van der Waals surface area contributed by atoms with Crippen molar-refractivity contribution in [3.63, 3.8) is 0 Å². The summed E-state index contributed by atoms with van der Waals surface area (Å²) >= 11 is 0. The van der Waals surface area contributed by atoms with Crippen LogP contribution in [0.4, 0.5) is 0 Å². The van der Waals surface area contributed by atoms with Gasteiger partial charge < -0.3 is 14.4 Å². The second-order valence-corrected chi connectivity index (χ2v) is 4.87. The molecule has 1 aliphatic carbocycles. The summed E-state index contributed by atoms with van der Waals surface area (Å²) in [4.78, 5) is 16.0. The highest BCUT2D eigenvalue weighted by Gasteiger charge is 2.30. The predicted molar refractivity (Wildman–Crippen MR) is 70.5 cm³/mol. The largest absolute Gasteiger partial charge is 0.478 e. The van der Waals surface area contributed by atoms with Crippen LogP contribution in [0.15, 0.2) is 18.2 Å². The molecule has 5 heteroatoms. The average molecular weight is 260 g/mol. The lowest BCUT2D eigenvalue weighted by Gasteiger charge is -2.09. The number of para-hydroxylation sites is 1. The van der Waals surface area contributed by atoms with E-state index in [9.17, 15) is 9.90 Å². The molecule has 0 radical (unpaired) electrons. The van der Waals surface area contributed by atoms with Crippen molar-refractivity contribution in [3.8, 4) is 0 Å². The molecule has 3 rings (SSSR count). The van der Waals surface area contributed by atoms with Gasteiger partial charge in [-0.05, 0) is 25.0 Å². The Balaban J connectivity index is 2.20. The highest BCUT2D eigenvalue weighted by Crippen LogP contribution is 2.41. The van der Waals surface area contributed by atoms with Crippen molar-refractivity contribution in [1.82, 2.24) is 9.55 Å². The number of carboxylic acid groups (broad SMARTS) is 1. The predicted octanol–water partition coefficient (Wildman–Crippen LogP) is 2.26. The zero-order chi connectivity index (χ0) is 13.4. The molecule has 1 aliphatic rings. The Morgan fingerprint density at radius 1 is 1.53 bits per heavy atom. The third-order valence-electron chi connectivity index (χ3n) is 3.49. The van der Waals surface area contributed by atoms with Crippen LogP contribution in [-0.4, -0.2) is 34.3 Å². The summed E-state index contributed by atoms with van der Waals surface area (Å²) in [5, 5.41) is 9.32. The maximum atomic E-state index is 11.4. The van der Waals surface area contributed by atoms with Gasteiger partial charge in [0.15, 0.2) is 0 Å². The number of fused-ring (bicyclic) bond motifs is 1. The number of hydrogen-bond acceptors (Lipinski definition) is 3. The molecule has 1 fully saturated rings. The van der Waals surface area contributed by atoms with Crippen LogP contribution in [-0.2, 0) is 11.3 Å². The number of aromatic nitrogens is 2. The van der Waals surface area contributed by atoms with Crippen LogP contribution in [0.5, 0.6) is 0 Å². The van der Waals surface area contributed by atoms with Crippen molar-refractivity contribution in [1.29, 1.82) is 0 Å². The summed E-state index contributed by atoms with van der Waals surface area (Å²) < 4.78 is 7.14. The van der Waals surface area contributed by atoms with E-state index in [4.69, 9.17) is 4.74 Å². The van der Waals surface area contributed by atoms with Crippen LogP contribution >= 0.6 is 0 Å². The smallest absolute Gasteiger partial charge is 0.337 e. The molecule has 1 heterocycles. The average Bonchev–Trinajstić information content (AvgIpc) is 3.17. The Kier molecular flexibility index (Phi) is 2.98. The quantitative estimate of drug-likeness (QED) is 0.895. The Bertz CT molecular complexity index is 629. The molecule has 19 heavy (non-hydrogen) atoms. The topological polar surface area (TPSA) is 64.4 Å². The summed E-state index contributed by atoms with van der Waals surface area (Å²) in [5.41, 5.74) is 1.79. The van der Waals surface area contributed by atoms with E-state index < -0.39 is 5.97 Å². The molecule has 100 valence electrons. The first-order valence-electron chi connectivity index (χ1n) is 6.43. The fourth-order valence-corrected chi connectivity index (χ4v) is 2.44. The van der Waals surface area contributed by atoms with Crippen molar-refractivity contribution in [2.45, 2.75) is 25.3 Å². The lowest BCUT2D eigenvalue weighted by atomic mass is 10.2. The molecule has 5 nitrogen and oxygen atoms in total. The third-order valence-corrected chi connectivity index (χ3v) is 3.49. The van der Waals surface area contributed by atoms with Gasteiger partial charge in [-0.25, -0.2) is 9.78 Å². The molecular weight excluding hydrogens is 244 g/mol. The van der Waals surface area contributed by atoms with Crippen molar-refractivity contribution in [3.05, 3.63) is 29.6 Å². The first-order chi connectivity index (χ1) is 9.22. The number of benzene rings is 1. The molecule has 1 aromatic carbocycles. The van der Waals surface area contributed by atoms with Gasteiger partial charge in [-0.1, -0.05) is 6.07 Å². The van der Waals surface area contributed by atoms with Crippen molar-refractivity contribution in [2.24, 2.45) is 0 Å². The van der Waals surface area contributed by atoms with Gasteiger partial charge >= 0.3 is 5.97 Å². The van der Waals surface area contributed by atoms with Crippen LogP contribution in [0.3, 0.4) is 0 Å². The SMILES string of the molecule is COCCn1c(C2CC2)nc2cccc(C(=O)O)c21. The zero-order valence-electron chi connectivity index (χ0n) is 10.8. The van der Waals surface area contributed by atoms with Gasteiger partial charge in [0, 0.05) is 19.6 Å². The molecule has 0 amide bonds. The van der Waals surface area contributed by atoms with E-state index in [1.807, 2.05) is 10.6 Å². The number of rotatable bonds is 5. The number of hydrogen-bond donors (Lipinski definition) is 1. The molecule has 0 spiro atoms. The standard InChI is InChI=1S/C14H16N2O3/c1-19-8-7-16-12-10(14(17)18)3-2-4-11(12)15-13(16)9-5-6-9/h2-4,9H,5-8H2,1H3,(H,17,18). The molecule has 0 atom stereocenters. The molecule has 0 bridgehead atoms. The van der Waals surface area contributed by atoms with Crippen LogP contribution in [0.1, 0.15) is 34.9 Å². The fraction of sp³-hybridized carbons (Fsp3) is 0.429. The Hall–Kier alpha value is -1.88. The molecular formula is C14H16N2O3. The summed E-state index contributed by atoms with van der Waals surface area (Å²) in [7, 11) is 1.65. The second-order valence-electron chi connectivity index (χ2n) is 4.87. The van der Waals surface area contributed by atoms with Crippen molar-refractivity contribution >= 4 is 17.0 Å². The van der Waals surface area contributed by atoms with E-state index in [-0.39, 0.29) is 0 Å². The molecule has 1 N–H and O–H groups in total. The summed E-state index contributed by atoms with van der Waals surface area (Å²) in [6.45, 7) is 1.20. The van der Waals surface area contributed by atoms with Gasteiger partial charge in [0.05, 0.1) is 23.2 Å². The van der Waals surface area contributed by atoms with E-state index in [1.54, 1.807) is 19.2 Å². The van der Waals surface area contributed by atoms with Crippen LogP contribution < -0.4 is 0 Å². The first kappa shape index (κ1) is 12.2. The lowest BCUT2D eigenvalue weighted by molar-refractivity contribution is 0.0698. The zero-order valence-corrected chi connectivity index (χ0v) is 10.8. The van der Waals surface area contributed by atoms with E-state index in [2.05, 4.69) is 4.98 Å². The first-order valence-corrected chi connectivity index (χ1v) is 6.43. The molecule has 2 aromatic rings. The van der Waals surface area contributed by atoms with E-state index in [1.165, 1.54) is 0 Å². The number of nitrogens with zero attached hydrogens (tertiary/aromatic N) is 2. The monoisotopic (exact) mass is 260 g/mol. The minimum Gasteiger partial charge on any atom is -0.478 e. The number of imidazole rings is 1. The second kappa shape index (κ2) is 4.66. The fourth-order valence-electron chi connectivity index (χ4n) is 2.44. The van der Waals surface area contributed by atoms with Gasteiger partial charge in [0.2, 0.25) is 0 Å². The van der Waals surface area contributed by atoms with Gasteiger partial charge in [0.25, 0.3) is 0 Å². The molecule has 0 aliphatic heterocycles. The van der Waals surface area contributed by atoms with Crippen molar-refractivity contribution < 1.29 is 14.6 Å². The van der Waals surface area contributed by atoms with Gasteiger partial charge in [0.1, 0.15) is 5.82 Å². The van der Waals surface area contributed by atoms with E-state index in [0.717, 1.165) is 24.2 Å². The molecule has 1 aromatic heterocycles. The van der Waals surface area contributed by atoms with Crippen LogP contribution in [0.25, 0.3) is 11.0 Å². The number of aromatic carboxylic acids is 1. The molecule has 0 unspecified atom stereocenters. The number of methoxy groups -OCH3 is 1. The Morgan fingerprint density at radius 3 is 2.95 bits per heavy atom. The highest BCUT2D eigenvalue weighted by molar-refractivity contribution is 6.01. The lowest BCUT2D eigenvalue weighted by Crippen LogP contribution is -2.10. The summed E-state index contributed by atoms with van der Waals surface area (Å²) in [6, 6.07) is 5.25. The van der Waals surface area contributed by atoms with E-state index >= 15 is 0 Å². The third kappa shape index (κ3) is 2.10. The summed E-state index contributed by atoms with van der Waals surface area (Å²) in [5.74, 6) is 0.568. The Morgan fingerprint density at radius 2 is 2.32 bits per heavy atom. The minimum absolute atomic E-state index is 0.313. The van der Waals surface area contributed by atoms with Crippen molar-refractivity contribution in [2.75, 3.05) is 13.7 Å². The van der Waals surface area contributed by atoms with Gasteiger partial charge in [-0.15, -0.1) is 0 Å². The normalized spacial score (nSPS) is 15.0. The van der Waals surface area contributed by atoms with E-state index in [0.29, 0.717) is 30.1 Å². The van der Waals surface area contributed by atoms with Crippen LogP contribution in [0.2, 0.25) is 0 Å². The van der Waals surface area contributed by atoms with Gasteiger partial charge in [-0.3, -0.25) is 0 Å². The highest BCUT2D eigenvalue weighted by atomic mass is 16.5. The maximum Gasteiger partial charge on any atom is 0.337 e. The Labute approximate surface area is 110 Å². The molecule has 0 saturated heterocycles. The van der Waals surface area contributed by atoms with Gasteiger partial charge in [-0.2, -0.15) is 0 Å². The number of carboxylic acids is 1. The van der Waals surface area contributed by atoms with Crippen LogP contribution in [0, 0.1) is 0 Å². The maximum absolute atomic E-state index is 11.4. The molecule has 1 saturated carbocycles. The number of carbonyl (C=O) groups is 1. The summed E-state index contributed by atoms with van der Waals surface area (Å²) in [6.07, 6.45) is 2.28. The minimum atomic E-state index is -0.911. The number of ether oxygens (including phenoxy) is 1.